The first kappa shape index (κ1) is 31.9. The monoisotopic (exact) mass is 713 g/mol. The van der Waals surface area contributed by atoms with E-state index in [1.165, 1.54) is 27.3 Å². The Morgan fingerprint density at radius 3 is 1.61 bits per heavy atom. The summed E-state index contributed by atoms with van der Waals surface area (Å²) >= 11 is 0. The van der Waals surface area contributed by atoms with E-state index in [-0.39, 0.29) is 0 Å². The largest absolute Gasteiger partial charge is 0.255 e. The number of fused-ring (bicyclic) bond motifs is 7. The zero-order valence-corrected chi connectivity index (χ0v) is 30.1. The van der Waals surface area contributed by atoms with Gasteiger partial charge in [-0.1, -0.05) is 115 Å². The Labute approximate surface area is 322 Å². The van der Waals surface area contributed by atoms with Gasteiger partial charge in [0.15, 0.2) is 0 Å². The lowest BCUT2D eigenvalue weighted by Gasteiger charge is -2.13. The van der Waals surface area contributed by atoms with Crippen molar-refractivity contribution in [3.8, 4) is 56.3 Å². The Morgan fingerprint density at radius 1 is 0.286 bits per heavy atom. The van der Waals surface area contributed by atoms with Gasteiger partial charge in [-0.05, 0) is 98.9 Å². The van der Waals surface area contributed by atoms with Crippen molar-refractivity contribution in [2.75, 3.05) is 0 Å². The highest BCUT2D eigenvalue weighted by molar-refractivity contribution is 6.16. The van der Waals surface area contributed by atoms with Crippen LogP contribution in [0.4, 0.5) is 0 Å². The van der Waals surface area contributed by atoms with Crippen molar-refractivity contribution in [1.82, 2.24) is 24.9 Å². The van der Waals surface area contributed by atoms with Gasteiger partial charge in [0.2, 0.25) is 0 Å². The average molecular weight is 714 g/mol. The molecule has 0 amide bonds. The van der Waals surface area contributed by atoms with Crippen molar-refractivity contribution in [3.63, 3.8) is 0 Å². The fourth-order valence-electron chi connectivity index (χ4n) is 8.01. The van der Waals surface area contributed by atoms with Crippen LogP contribution in [0.5, 0.6) is 0 Å². The molecule has 0 atom stereocenters. The fraction of sp³-hybridized carbons (Fsp3) is 0. The molecule has 0 saturated carbocycles. The second kappa shape index (κ2) is 13.0. The first-order chi connectivity index (χ1) is 27.7. The molecule has 5 heteroatoms. The Hall–Kier alpha value is -7.63. The molecule has 0 aliphatic rings. The van der Waals surface area contributed by atoms with Crippen molar-refractivity contribution in [2.45, 2.75) is 0 Å². The molecule has 11 rings (SSSR count). The normalized spacial score (nSPS) is 11.6. The van der Waals surface area contributed by atoms with Gasteiger partial charge in [0, 0.05) is 39.7 Å². The molecule has 0 fully saturated rings. The summed E-state index contributed by atoms with van der Waals surface area (Å²) in [5, 5.41) is 8.03. The summed E-state index contributed by atoms with van der Waals surface area (Å²) in [5.74, 6) is 0. The first-order valence-electron chi connectivity index (χ1n) is 18.7. The number of hydrogen-bond donors (Lipinski definition) is 0. The molecule has 5 heterocycles. The lowest BCUT2D eigenvalue weighted by atomic mass is 9.94. The second-order valence-corrected chi connectivity index (χ2v) is 14.1. The Bertz CT molecular complexity index is 3230. The van der Waals surface area contributed by atoms with E-state index in [9.17, 15) is 0 Å². The quantitative estimate of drug-likeness (QED) is 0.131. The van der Waals surface area contributed by atoms with Gasteiger partial charge in [-0.25, -0.2) is 15.0 Å². The summed E-state index contributed by atoms with van der Waals surface area (Å²) in [6, 6.07) is 61.5. The van der Waals surface area contributed by atoms with Crippen LogP contribution < -0.4 is 0 Å². The molecule has 0 N–H and O–H groups in total. The van der Waals surface area contributed by atoms with Gasteiger partial charge in [-0.2, -0.15) is 0 Å². The smallest absolute Gasteiger partial charge is 0.0978 e. The van der Waals surface area contributed by atoms with Gasteiger partial charge >= 0.3 is 0 Å². The maximum atomic E-state index is 5.31. The number of benzene rings is 6. The third kappa shape index (κ3) is 5.45. The maximum absolute atomic E-state index is 5.31. The van der Waals surface area contributed by atoms with E-state index >= 15 is 0 Å². The molecule has 0 unspecified atom stereocenters. The van der Waals surface area contributed by atoms with Gasteiger partial charge < -0.3 is 0 Å². The van der Waals surface area contributed by atoms with E-state index in [4.69, 9.17) is 15.0 Å². The van der Waals surface area contributed by atoms with Crippen LogP contribution >= 0.6 is 0 Å². The van der Waals surface area contributed by atoms with E-state index in [0.29, 0.717) is 0 Å². The van der Waals surface area contributed by atoms with E-state index < -0.39 is 0 Å². The minimum atomic E-state index is 0.811. The first-order valence-corrected chi connectivity index (χ1v) is 18.7. The molecule has 5 nitrogen and oxygen atoms in total. The number of nitrogens with zero attached hydrogens (tertiary/aromatic N) is 5. The van der Waals surface area contributed by atoms with Crippen LogP contribution in [-0.4, -0.2) is 24.9 Å². The molecule has 0 aliphatic heterocycles. The number of para-hydroxylation sites is 1. The standard InChI is InChI=1S/C51H31N5/c1-2-10-32(11-3-1)49-41-12-4-5-13-44(41)56-51-42(49)24-18-33-21-25-43(55-50(33)51)37-20-23-40-36(29-37)17-16-35-28-34(19-22-39(35)40)38-30-47(45-14-6-8-26-52-45)54-48(31-38)46-15-7-9-27-53-46/h1-31H. The molecular formula is C51H31N5. The van der Waals surface area contributed by atoms with Crippen molar-refractivity contribution in [3.05, 3.63) is 188 Å². The minimum Gasteiger partial charge on any atom is -0.255 e. The third-order valence-electron chi connectivity index (χ3n) is 10.7. The molecule has 0 saturated heterocycles. The summed E-state index contributed by atoms with van der Waals surface area (Å²) in [6.07, 6.45) is 3.60. The number of hydrogen-bond acceptors (Lipinski definition) is 5. The van der Waals surface area contributed by atoms with E-state index in [1.807, 2.05) is 36.4 Å². The van der Waals surface area contributed by atoms with Crippen LogP contribution in [0.1, 0.15) is 0 Å². The molecule has 260 valence electrons. The molecule has 6 aromatic carbocycles. The van der Waals surface area contributed by atoms with Crippen LogP contribution in [0.15, 0.2) is 188 Å². The van der Waals surface area contributed by atoms with E-state index in [1.54, 1.807) is 12.4 Å². The van der Waals surface area contributed by atoms with Gasteiger partial charge in [0.25, 0.3) is 0 Å². The third-order valence-corrected chi connectivity index (χ3v) is 10.7. The zero-order valence-electron chi connectivity index (χ0n) is 30.1. The Kier molecular flexibility index (Phi) is 7.42. The average Bonchev–Trinajstić information content (AvgIpc) is 3.28. The summed E-state index contributed by atoms with van der Waals surface area (Å²) in [5.41, 5.74) is 12.6. The van der Waals surface area contributed by atoms with Crippen LogP contribution in [0.3, 0.4) is 0 Å². The van der Waals surface area contributed by atoms with Gasteiger partial charge in [-0.3, -0.25) is 9.97 Å². The number of rotatable bonds is 5. The predicted octanol–water partition coefficient (Wildman–Crippen LogP) is 12.8. The Balaban J connectivity index is 1.01. The fourth-order valence-corrected chi connectivity index (χ4v) is 8.01. The molecule has 0 bridgehead atoms. The number of aromatic nitrogens is 5. The predicted molar refractivity (Wildman–Crippen MR) is 230 cm³/mol. The van der Waals surface area contributed by atoms with Crippen LogP contribution in [0, 0.1) is 0 Å². The molecular weight excluding hydrogens is 683 g/mol. The van der Waals surface area contributed by atoms with Crippen molar-refractivity contribution < 1.29 is 0 Å². The second-order valence-electron chi connectivity index (χ2n) is 14.1. The van der Waals surface area contributed by atoms with Crippen molar-refractivity contribution in [1.29, 1.82) is 0 Å². The summed E-state index contributed by atoms with van der Waals surface area (Å²) in [6.45, 7) is 0. The molecule has 56 heavy (non-hydrogen) atoms. The lowest BCUT2D eigenvalue weighted by molar-refractivity contribution is 1.22. The highest BCUT2D eigenvalue weighted by Crippen LogP contribution is 2.39. The molecule has 11 aromatic rings. The summed E-state index contributed by atoms with van der Waals surface area (Å²) in [7, 11) is 0. The van der Waals surface area contributed by atoms with E-state index in [0.717, 1.165) is 83.3 Å². The Morgan fingerprint density at radius 2 is 0.893 bits per heavy atom. The van der Waals surface area contributed by atoms with Crippen molar-refractivity contribution in [2.24, 2.45) is 0 Å². The molecule has 5 aromatic heterocycles. The van der Waals surface area contributed by atoms with E-state index in [2.05, 4.69) is 149 Å². The van der Waals surface area contributed by atoms with Gasteiger partial charge in [0.05, 0.1) is 45.0 Å². The van der Waals surface area contributed by atoms with Crippen LogP contribution in [0.2, 0.25) is 0 Å². The highest BCUT2D eigenvalue weighted by atomic mass is 14.8. The SMILES string of the molecule is c1ccc(-c2c3ccccc3nc3c2ccc2ccc(-c4ccc5c(ccc6cc(-c7cc(-c8ccccn8)nc(-c8ccccn8)c7)ccc65)c4)nc23)cc1. The summed E-state index contributed by atoms with van der Waals surface area (Å²) < 4.78 is 0. The molecule has 0 spiro atoms. The number of pyridine rings is 5. The van der Waals surface area contributed by atoms with Crippen LogP contribution in [-0.2, 0) is 0 Å². The summed E-state index contributed by atoms with van der Waals surface area (Å²) in [4.78, 5) is 24.7. The van der Waals surface area contributed by atoms with Crippen LogP contribution in [0.25, 0.3) is 111 Å². The highest BCUT2D eigenvalue weighted by Gasteiger charge is 2.16. The minimum absolute atomic E-state index is 0.811. The maximum Gasteiger partial charge on any atom is 0.0978 e. The van der Waals surface area contributed by atoms with Gasteiger partial charge in [0.1, 0.15) is 0 Å². The van der Waals surface area contributed by atoms with Gasteiger partial charge in [-0.15, -0.1) is 0 Å². The lowest BCUT2D eigenvalue weighted by Crippen LogP contribution is -1.94. The zero-order chi connectivity index (χ0) is 37.0. The molecule has 0 aliphatic carbocycles. The topological polar surface area (TPSA) is 64.5 Å². The van der Waals surface area contributed by atoms with Crippen molar-refractivity contribution >= 4 is 54.3 Å². The molecule has 0 radical (unpaired) electrons.